The Morgan fingerprint density at radius 2 is 2.00 bits per heavy atom. The summed E-state index contributed by atoms with van der Waals surface area (Å²) in [5.41, 5.74) is 3.19. The van der Waals surface area contributed by atoms with Gasteiger partial charge in [-0.2, -0.15) is 0 Å². The number of aliphatic hydroxyl groups excluding tert-OH is 2. The number of benzene rings is 1. The molecule has 0 aliphatic heterocycles. The van der Waals surface area contributed by atoms with E-state index in [1.54, 1.807) is 0 Å². The molecule has 1 aromatic rings. The molecule has 1 atom stereocenters. The van der Waals surface area contributed by atoms with Gasteiger partial charge in [0.1, 0.15) is 11.9 Å². The van der Waals surface area contributed by atoms with E-state index in [9.17, 15) is 10.2 Å². The van der Waals surface area contributed by atoms with Crippen molar-refractivity contribution in [3.63, 3.8) is 0 Å². The third-order valence-corrected chi connectivity index (χ3v) is 3.17. The number of allylic oxidation sites excluding steroid dienone is 3. The zero-order chi connectivity index (χ0) is 11.1. The van der Waals surface area contributed by atoms with E-state index in [-0.39, 0.29) is 0 Å². The van der Waals surface area contributed by atoms with Gasteiger partial charge in [-0.1, -0.05) is 42.5 Å². The Morgan fingerprint density at radius 1 is 1.19 bits per heavy atom. The van der Waals surface area contributed by atoms with E-state index in [1.807, 2.05) is 42.5 Å². The van der Waals surface area contributed by atoms with Crippen molar-refractivity contribution in [3.8, 4) is 0 Å². The Bertz CT molecular complexity index is 535. The molecule has 0 radical (unpaired) electrons. The molecule has 1 unspecified atom stereocenters. The lowest BCUT2D eigenvalue weighted by atomic mass is 9.81. The first-order valence-electron chi connectivity index (χ1n) is 5.35. The number of rotatable bonds is 0. The molecule has 0 spiro atoms. The van der Waals surface area contributed by atoms with Crippen LogP contribution in [-0.2, 0) is 0 Å². The van der Waals surface area contributed by atoms with Crippen LogP contribution in [0.1, 0.15) is 23.7 Å². The van der Waals surface area contributed by atoms with Crippen LogP contribution in [0.3, 0.4) is 0 Å². The van der Waals surface area contributed by atoms with Crippen molar-refractivity contribution in [1.82, 2.24) is 0 Å². The maximum atomic E-state index is 10.2. The van der Waals surface area contributed by atoms with Crippen molar-refractivity contribution in [1.29, 1.82) is 0 Å². The van der Waals surface area contributed by atoms with Crippen molar-refractivity contribution >= 4 is 5.76 Å². The van der Waals surface area contributed by atoms with Crippen molar-refractivity contribution in [3.05, 3.63) is 64.8 Å². The Labute approximate surface area is 93.9 Å². The minimum absolute atomic E-state index is 0.302. The molecule has 2 aliphatic rings. The van der Waals surface area contributed by atoms with Crippen LogP contribution in [0.15, 0.2) is 53.6 Å². The maximum Gasteiger partial charge on any atom is 0.127 e. The largest absolute Gasteiger partial charge is 0.507 e. The Morgan fingerprint density at radius 3 is 2.88 bits per heavy atom. The molecule has 1 aromatic carbocycles. The highest BCUT2D eigenvalue weighted by atomic mass is 16.3. The minimum atomic E-state index is -0.618. The summed E-state index contributed by atoms with van der Waals surface area (Å²) < 4.78 is 0. The van der Waals surface area contributed by atoms with E-state index in [1.165, 1.54) is 0 Å². The molecule has 0 heterocycles. The normalized spacial score (nSPS) is 22.6. The summed E-state index contributed by atoms with van der Waals surface area (Å²) in [4.78, 5) is 0. The average molecular weight is 212 g/mol. The van der Waals surface area contributed by atoms with Crippen LogP contribution >= 0.6 is 0 Å². The topological polar surface area (TPSA) is 40.5 Å². The average Bonchev–Trinajstić information content (AvgIpc) is 2.36. The molecule has 3 rings (SSSR count). The maximum absolute atomic E-state index is 10.2. The first-order valence-corrected chi connectivity index (χ1v) is 5.35. The van der Waals surface area contributed by atoms with E-state index in [2.05, 4.69) is 0 Å². The molecule has 16 heavy (non-hydrogen) atoms. The zero-order valence-electron chi connectivity index (χ0n) is 8.72. The fourth-order valence-corrected chi connectivity index (χ4v) is 2.35. The quantitative estimate of drug-likeness (QED) is 0.694. The van der Waals surface area contributed by atoms with Crippen molar-refractivity contribution < 1.29 is 10.2 Å². The van der Waals surface area contributed by atoms with E-state index < -0.39 is 6.10 Å². The van der Waals surface area contributed by atoms with Crippen LogP contribution in [0.25, 0.3) is 5.76 Å². The molecule has 0 aromatic heterocycles. The fraction of sp³-hybridized carbons (Fsp3) is 0.143. The van der Waals surface area contributed by atoms with Gasteiger partial charge in [0.15, 0.2) is 0 Å². The first kappa shape index (κ1) is 9.43. The van der Waals surface area contributed by atoms with Crippen LogP contribution in [0, 0.1) is 0 Å². The van der Waals surface area contributed by atoms with Gasteiger partial charge in [-0.05, 0) is 17.6 Å². The Kier molecular flexibility index (Phi) is 1.98. The van der Waals surface area contributed by atoms with E-state index >= 15 is 0 Å². The molecule has 2 nitrogen and oxygen atoms in total. The smallest absolute Gasteiger partial charge is 0.127 e. The summed E-state index contributed by atoms with van der Waals surface area (Å²) in [6.45, 7) is 0. The molecule has 0 fully saturated rings. The highest BCUT2D eigenvalue weighted by Gasteiger charge is 2.29. The lowest BCUT2D eigenvalue weighted by Gasteiger charge is -2.28. The standard InChI is InChI=1S/C14H12O2/c15-13-9-5-1-2-6-10(9)14(16)12-8-4-3-7-11(12)13/h1-7,13,15-16H,8H2. The van der Waals surface area contributed by atoms with Crippen LogP contribution in [0.2, 0.25) is 0 Å². The third-order valence-electron chi connectivity index (χ3n) is 3.17. The van der Waals surface area contributed by atoms with Gasteiger partial charge >= 0.3 is 0 Å². The fourth-order valence-electron chi connectivity index (χ4n) is 2.35. The van der Waals surface area contributed by atoms with Crippen LogP contribution in [-0.4, -0.2) is 10.2 Å². The molecular weight excluding hydrogens is 200 g/mol. The third kappa shape index (κ3) is 1.17. The SMILES string of the molecule is OC1=C2CC=CC=C2C(O)c2ccccc21. The summed E-state index contributed by atoms with van der Waals surface area (Å²) in [5, 5.41) is 20.4. The molecule has 80 valence electrons. The second-order valence-electron chi connectivity index (χ2n) is 4.07. The van der Waals surface area contributed by atoms with E-state index in [0.717, 1.165) is 22.3 Å². The lowest BCUT2D eigenvalue weighted by Crippen LogP contribution is -2.14. The summed E-state index contributed by atoms with van der Waals surface area (Å²) in [6, 6.07) is 7.44. The molecule has 0 saturated heterocycles. The number of hydrogen-bond acceptors (Lipinski definition) is 2. The van der Waals surface area contributed by atoms with Crippen molar-refractivity contribution in [2.75, 3.05) is 0 Å². The van der Waals surface area contributed by atoms with Crippen LogP contribution in [0.4, 0.5) is 0 Å². The van der Waals surface area contributed by atoms with Crippen LogP contribution < -0.4 is 0 Å². The Hall–Kier alpha value is -1.80. The predicted octanol–water partition coefficient (Wildman–Crippen LogP) is 2.89. The Balaban J connectivity index is 2.29. The molecule has 2 heteroatoms. The second-order valence-corrected chi connectivity index (χ2v) is 4.07. The molecule has 2 aliphatic carbocycles. The zero-order valence-corrected chi connectivity index (χ0v) is 8.72. The first-order chi connectivity index (χ1) is 7.79. The van der Waals surface area contributed by atoms with Gasteiger partial charge in [0.25, 0.3) is 0 Å². The predicted molar refractivity (Wildman–Crippen MR) is 62.8 cm³/mol. The molecular formula is C14H12O2. The van der Waals surface area contributed by atoms with Gasteiger partial charge in [0.05, 0.1) is 0 Å². The molecule has 0 bridgehead atoms. The van der Waals surface area contributed by atoms with E-state index in [4.69, 9.17) is 0 Å². The summed E-state index contributed by atoms with van der Waals surface area (Å²) in [5.74, 6) is 0.302. The highest BCUT2D eigenvalue weighted by Crippen LogP contribution is 2.42. The van der Waals surface area contributed by atoms with Crippen molar-refractivity contribution in [2.24, 2.45) is 0 Å². The molecule has 2 N–H and O–H groups in total. The number of aliphatic hydroxyl groups is 2. The summed E-state index contributed by atoms with van der Waals surface area (Å²) in [6.07, 6.45) is 5.84. The van der Waals surface area contributed by atoms with Gasteiger partial charge < -0.3 is 10.2 Å². The second kappa shape index (κ2) is 3.35. The van der Waals surface area contributed by atoms with Gasteiger partial charge in [0, 0.05) is 11.1 Å². The lowest BCUT2D eigenvalue weighted by molar-refractivity contribution is 0.214. The monoisotopic (exact) mass is 212 g/mol. The van der Waals surface area contributed by atoms with Gasteiger partial charge in [0.2, 0.25) is 0 Å². The highest BCUT2D eigenvalue weighted by molar-refractivity contribution is 5.75. The van der Waals surface area contributed by atoms with Gasteiger partial charge in [-0.15, -0.1) is 0 Å². The summed E-state index contributed by atoms with van der Waals surface area (Å²) in [7, 11) is 0. The molecule has 0 amide bonds. The summed E-state index contributed by atoms with van der Waals surface area (Å²) >= 11 is 0. The van der Waals surface area contributed by atoms with Gasteiger partial charge in [-0.25, -0.2) is 0 Å². The number of hydrogen-bond donors (Lipinski definition) is 2. The minimum Gasteiger partial charge on any atom is -0.507 e. The van der Waals surface area contributed by atoms with Crippen LogP contribution in [0.5, 0.6) is 0 Å². The molecule has 0 saturated carbocycles. The number of fused-ring (bicyclic) bond motifs is 2. The van der Waals surface area contributed by atoms with E-state index in [0.29, 0.717) is 12.2 Å². The van der Waals surface area contributed by atoms with Gasteiger partial charge in [-0.3, -0.25) is 0 Å². The van der Waals surface area contributed by atoms with Crippen molar-refractivity contribution in [2.45, 2.75) is 12.5 Å².